The molecule has 0 bridgehead atoms. The Morgan fingerprint density at radius 1 is 0.800 bits per heavy atom. The Morgan fingerprint density at radius 2 is 1.34 bits per heavy atom. The van der Waals surface area contributed by atoms with Crippen LogP contribution in [0.25, 0.3) is 0 Å². The van der Waals surface area contributed by atoms with Gasteiger partial charge in [-0.15, -0.1) is 0 Å². The van der Waals surface area contributed by atoms with Gasteiger partial charge in [0.25, 0.3) is 0 Å². The lowest BCUT2D eigenvalue weighted by molar-refractivity contribution is -0.134. The Balaban J connectivity index is 1.55. The van der Waals surface area contributed by atoms with Crippen molar-refractivity contribution in [2.45, 2.75) is 96.8 Å². The monoisotopic (exact) mass is 481 g/mol. The Hall–Kier alpha value is -2.82. The molecule has 0 aliphatic heterocycles. The molecule has 0 saturated heterocycles. The summed E-state index contributed by atoms with van der Waals surface area (Å²) in [5.74, 6) is 1.03. The van der Waals surface area contributed by atoms with Crippen LogP contribution in [0.2, 0.25) is 0 Å². The van der Waals surface area contributed by atoms with Gasteiger partial charge in [0.15, 0.2) is 0 Å². The molecule has 0 atom stereocenters. The maximum Gasteiger partial charge on any atom is 0.311 e. The maximum atomic E-state index is 12.1. The van der Waals surface area contributed by atoms with E-state index in [1.807, 2.05) is 0 Å². The number of phenolic OH excluding ortho intramolecular Hbond substituents is 1. The molecular weight excluding hydrogens is 438 g/mol. The third-order valence-corrected chi connectivity index (χ3v) is 6.14. The lowest BCUT2D eigenvalue weighted by Crippen LogP contribution is -2.07. The van der Waals surface area contributed by atoms with Crippen molar-refractivity contribution < 1.29 is 19.4 Å². The predicted molar refractivity (Wildman–Crippen MR) is 144 cm³/mol. The fourth-order valence-corrected chi connectivity index (χ4v) is 3.97. The van der Waals surface area contributed by atoms with E-state index in [2.05, 4.69) is 11.9 Å². The summed E-state index contributed by atoms with van der Waals surface area (Å²) in [6.45, 7) is 2.26. The molecule has 2 aromatic carbocycles. The lowest BCUT2D eigenvalue weighted by Gasteiger charge is -2.05. The number of aliphatic imine (C=N–C) groups is 1. The summed E-state index contributed by atoms with van der Waals surface area (Å²) < 4.78 is 10.5. The van der Waals surface area contributed by atoms with Gasteiger partial charge in [-0.05, 0) is 42.8 Å². The smallest absolute Gasteiger partial charge is 0.311 e. The first-order valence-electron chi connectivity index (χ1n) is 13.3. The summed E-state index contributed by atoms with van der Waals surface area (Å²) in [5, 5.41) is 10.0. The molecule has 2 aromatic rings. The number of hydrogen-bond donors (Lipinski definition) is 1. The molecule has 0 amide bonds. The third kappa shape index (κ3) is 12.4. The molecule has 0 unspecified atom stereocenters. The van der Waals surface area contributed by atoms with Crippen molar-refractivity contribution in [3.63, 3.8) is 0 Å². The highest BCUT2D eigenvalue weighted by atomic mass is 16.5. The number of benzene rings is 2. The van der Waals surface area contributed by atoms with Crippen molar-refractivity contribution in [1.29, 1.82) is 0 Å². The fourth-order valence-electron chi connectivity index (χ4n) is 3.97. The first-order chi connectivity index (χ1) is 17.1. The van der Waals surface area contributed by atoms with Crippen LogP contribution in [-0.4, -0.2) is 24.4 Å². The molecule has 0 fully saturated rings. The first-order valence-corrected chi connectivity index (χ1v) is 13.3. The summed E-state index contributed by atoms with van der Waals surface area (Å²) in [7, 11) is 1.55. The molecular formula is C30H43NO4. The van der Waals surface area contributed by atoms with E-state index in [9.17, 15) is 9.90 Å². The highest BCUT2D eigenvalue weighted by Crippen LogP contribution is 2.24. The molecule has 192 valence electrons. The van der Waals surface area contributed by atoms with Crippen molar-refractivity contribution in [2.75, 3.05) is 7.11 Å². The number of hydrogen-bond acceptors (Lipinski definition) is 5. The second-order valence-electron chi connectivity index (χ2n) is 9.14. The van der Waals surface area contributed by atoms with E-state index >= 15 is 0 Å². The molecule has 0 aliphatic rings. The summed E-state index contributed by atoms with van der Waals surface area (Å²) >= 11 is 0. The minimum Gasteiger partial charge on any atom is -0.507 e. The lowest BCUT2D eigenvalue weighted by atomic mass is 10.0. The molecule has 0 aromatic heterocycles. The van der Waals surface area contributed by atoms with Crippen molar-refractivity contribution in [3.8, 4) is 17.2 Å². The number of ether oxygens (including phenoxy) is 2. The minimum absolute atomic E-state index is 0.104. The molecule has 5 heteroatoms. The van der Waals surface area contributed by atoms with Crippen LogP contribution in [0.5, 0.6) is 17.2 Å². The molecule has 35 heavy (non-hydrogen) atoms. The summed E-state index contributed by atoms with van der Waals surface area (Å²) in [6, 6.07) is 12.1. The molecule has 1 N–H and O–H groups in total. The number of unbranched alkanes of at least 4 members (excludes halogenated alkanes) is 12. The number of phenols is 1. The number of carbonyl (C=O) groups excluding carboxylic acids is 1. The van der Waals surface area contributed by atoms with Crippen molar-refractivity contribution in [1.82, 2.24) is 0 Å². The number of aromatic hydroxyl groups is 1. The zero-order valence-electron chi connectivity index (χ0n) is 21.6. The van der Waals surface area contributed by atoms with Gasteiger partial charge in [0, 0.05) is 24.3 Å². The van der Waals surface area contributed by atoms with Crippen molar-refractivity contribution in [3.05, 3.63) is 48.0 Å². The summed E-state index contributed by atoms with van der Waals surface area (Å²) in [6.07, 6.45) is 18.8. The van der Waals surface area contributed by atoms with Crippen LogP contribution in [0.1, 0.15) is 102 Å². The molecule has 5 nitrogen and oxygen atoms in total. The van der Waals surface area contributed by atoms with Crippen LogP contribution in [0.4, 0.5) is 5.69 Å². The highest BCUT2D eigenvalue weighted by Gasteiger charge is 2.05. The van der Waals surface area contributed by atoms with Gasteiger partial charge in [-0.2, -0.15) is 0 Å². The van der Waals surface area contributed by atoms with Crippen LogP contribution in [0, 0.1) is 0 Å². The zero-order valence-corrected chi connectivity index (χ0v) is 21.6. The standard InChI is InChI=1S/C30H43NO4/c1-3-4-5-6-7-8-9-10-11-12-13-14-15-16-30(33)35-27-21-18-26(19-22-27)31-24-25-17-20-28(34-2)23-29(25)32/h17-24,32H,3-16H2,1-2H3. The van der Waals surface area contributed by atoms with Gasteiger partial charge in [0.05, 0.1) is 12.8 Å². The van der Waals surface area contributed by atoms with E-state index in [0.717, 1.165) is 12.8 Å². The average molecular weight is 482 g/mol. The van der Waals surface area contributed by atoms with Gasteiger partial charge < -0.3 is 14.6 Å². The van der Waals surface area contributed by atoms with Crippen LogP contribution in [-0.2, 0) is 4.79 Å². The molecule has 0 saturated carbocycles. The van der Waals surface area contributed by atoms with E-state index in [4.69, 9.17) is 9.47 Å². The molecule has 0 radical (unpaired) electrons. The van der Waals surface area contributed by atoms with E-state index in [0.29, 0.717) is 29.2 Å². The van der Waals surface area contributed by atoms with E-state index < -0.39 is 0 Å². The number of methoxy groups -OCH3 is 1. The van der Waals surface area contributed by atoms with Gasteiger partial charge >= 0.3 is 5.97 Å². The normalized spacial score (nSPS) is 11.1. The predicted octanol–water partition coefficient (Wildman–Crippen LogP) is 8.54. The van der Waals surface area contributed by atoms with E-state index in [1.165, 1.54) is 70.6 Å². The topological polar surface area (TPSA) is 68.1 Å². The van der Waals surface area contributed by atoms with Gasteiger partial charge in [-0.1, -0.05) is 84.0 Å². The first kappa shape index (κ1) is 28.4. The molecule has 2 rings (SSSR count). The van der Waals surface area contributed by atoms with Crippen LogP contribution in [0.15, 0.2) is 47.5 Å². The molecule has 0 heterocycles. The number of carbonyl (C=O) groups is 1. The second-order valence-corrected chi connectivity index (χ2v) is 9.14. The molecule has 0 aliphatic carbocycles. The van der Waals surface area contributed by atoms with Crippen LogP contribution in [0.3, 0.4) is 0 Å². The maximum absolute atomic E-state index is 12.1. The average Bonchev–Trinajstić information content (AvgIpc) is 2.87. The van der Waals surface area contributed by atoms with Crippen LogP contribution < -0.4 is 9.47 Å². The van der Waals surface area contributed by atoms with Crippen molar-refractivity contribution >= 4 is 17.9 Å². The van der Waals surface area contributed by atoms with Crippen molar-refractivity contribution in [2.24, 2.45) is 4.99 Å². The van der Waals surface area contributed by atoms with E-state index in [1.54, 1.807) is 55.8 Å². The van der Waals surface area contributed by atoms with Gasteiger partial charge in [-0.3, -0.25) is 9.79 Å². The zero-order chi connectivity index (χ0) is 25.1. The third-order valence-electron chi connectivity index (χ3n) is 6.14. The summed E-state index contributed by atoms with van der Waals surface area (Å²) in [5.41, 5.74) is 1.30. The number of rotatable bonds is 18. The largest absolute Gasteiger partial charge is 0.507 e. The van der Waals surface area contributed by atoms with Gasteiger partial charge in [-0.25, -0.2) is 0 Å². The fraction of sp³-hybridized carbons (Fsp3) is 0.533. The quantitative estimate of drug-likeness (QED) is 0.100. The Kier molecular flexibility index (Phi) is 14.3. The van der Waals surface area contributed by atoms with Gasteiger partial charge in [0.1, 0.15) is 17.2 Å². The molecule has 0 spiro atoms. The SMILES string of the molecule is CCCCCCCCCCCCCCCC(=O)Oc1ccc(N=Cc2ccc(OC)cc2O)cc1. The second kappa shape index (κ2) is 17.6. The minimum atomic E-state index is -0.188. The van der Waals surface area contributed by atoms with E-state index in [-0.39, 0.29) is 11.7 Å². The highest BCUT2D eigenvalue weighted by molar-refractivity contribution is 5.85. The summed E-state index contributed by atoms with van der Waals surface area (Å²) in [4.78, 5) is 16.5. The number of esters is 1. The van der Waals surface area contributed by atoms with Crippen LogP contribution >= 0.6 is 0 Å². The Morgan fingerprint density at radius 3 is 1.89 bits per heavy atom. The van der Waals surface area contributed by atoms with Gasteiger partial charge in [0.2, 0.25) is 0 Å². The number of nitrogens with zero attached hydrogens (tertiary/aromatic N) is 1. The Bertz CT molecular complexity index is 876. The Labute approximate surface area is 211 Å².